The molecule has 0 saturated carbocycles. The first-order chi connectivity index (χ1) is 11.6. The fourth-order valence-corrected chi connectivity index (χ4v) is 3.10. The van der Waals surface area contributed by atoms with Gasteiger partial charge in [-0.3, -0.25) is 4.79 Å². The number of hydrogen-bond acceptors (Lipinski definition) is 5. The third-order valence-electron chi connectivity index (χ3n) is 3.64. The average molecular weight is 347 g/mol. The van der Waals surface area contributed by atoms with Gasteiger partial charge in [-0.05, 0) is 43.2 Å². The maximum Gasteiger partial charge on any atom is 0.345 e. The van der Waals surface area contributed by atoms with E-state index in [-0.39, 0.29) is 16.9 Å². The molecule has 0 aliphatic carbocycles. The van der Waals surface area contributed by atoms with Crippen LogP contribution in [-0.2, 0) is 4.74 Å². The summed E-state index contributed by atoms with van der Waals surface area (Å²) in [5.41, 5.74) is 0.948. The minimum absolute atomic E-state index is 0.137. The van der Waals surface area contributed by atoms with E-state index in [1.54, 1.807) is 24.3 Å². The van der Waals surface area contributed by atoms with E-state index in [0.29, 0.717) is 23.6 Å². The molecular weight excluding hydrogens is 330 g/mol. The molecule has 7 heteroatoms. The van der Waals surface area contributed by atoms with Gasteiger partial charge in [0.25, 0.3) is 5.91 Å². The molecule has 126 valence electrons. The molecule has 1 amide bonds. The number of thiophene rings is 1. The topological polar surface area (TPSA) is 84.9 Å². The number of amides is 1. The maximum atomic E-state index is 12.1. The normalized spacial score (nSPS) is 16.8. The molecule has 0 bridgehead atoms. The molecule has 3 rings (SSSR count). The second-order valence-corrected chi connectivity index (χ2v) is 6.34. The van der Waals surface area contributed by atoms with Crippen LogP contribution in [0.4, 0.5) is 5.69 Å². The minimum atomic E-state index is -1.04. The molecule has 1 aliphatic heterocycles. The van der Waals surface area contributed by atoms with E-state index < -0.39 is 5.97 Å². The molecule has 2 heterocycles. The monoisotopic (exact) mass is 347 g/mol. The Hall–Kier alpha value is -2.38. The first-order valence-electron chi connectivity index (χ1n) is 7.59. The van der Waals surface area contributed by atoms with Gasteiger partial charge >= 0.3 is 5.97 Å². The number of carboxylic acids is 1. The van der Waals surface area contributed by atoms with Crippen LogP contribution in [0.1, 0.15) is 32.9 Å². The van der Waals surface area contributed by atoms with Crippen LogP contribution < -0.4 is 10.1 Å². The number of aromatic carboxylic acids is 1. The predicted octanol–water partition coefficient (Wildman–Crippen LogP) is 3.26. The summed E-state index contributed by atoms with van der Waals surface area (Å²) in [4.78, 5) is 23.1. The van der Waals surface area contributed by atoms with Crippen molar-refractivity contribution in [2.75, 3.05) is 18.5 Å². The Bertz CT molecular complexity index is 719. The maximum absolute atomic E-state index is 12.1. The quantitative estimate of drug-likeness (QED) is 0.838. The smallest absolute Gasteiger partial charge is 0.345 e. The number of anilines is 1. The lowest BCUT2D eigenvalue weighted by atomic mass is 10.2. The highest BCUT2D eigenvalue weighted by Gasteiger charge is 2.16. The number of benzene rings is 1. The predicted molar refractivity (Wildman–Crippen MR) is 90.1 cm³/mol. The molecule has 1 aliphatic rings. The van der Waals surface area contributed by atoms with Crippen molar-refractivity contribution in [1.29, 1.82) is 0 Å². The fourth-order valence-electron chi connectivity index (χ4n) is 2.37. The second-order valence-electron chi connectivity index (χ2n) is 5.43. The molecule has 6 nitrogen and oxygen atoms in total. The van der Waals surface area contributed by atoms with Gasteiger partial charge in [0, 0.05) is 17.7 Å². The van der Waals surface area contributed by atoms with Crippen molar-refractivity contribution in [3.8, 4) is 5.75 Å². The Morgan fingerprint density at radius 3 is 2.75 bits per heavy atom. The lowest BCUT2D eigenvalue weighted by Crippen LogP contribution is -2.16. The number of rotatable bonds is 6. The largest absolute Gasteiger partial charge is 0.491 e. The lowest BCUT2D eigenvalue weighted by molar-refractivity contribution is 0.0679. The molecule has 2 aromatic rings. The number of nitrogens with one attached hydrogen (secondary N) is 1. The number of carbonyl (C=O) groups excluding carboxylic acids is 1. The zero-order chi connectivity index (χ0) is 16.9. The highest BCUT2D eigenvalue weighted by Crippen LogP contribution is 2.20. The molecule has 24 heavy (non-hydrogen) atoms. The standard InChI is InChI=1S/C17H17NO5S/c19-16(11-8-15(17(20)21)24-10-11)18-12-3-5-13(6-4-12)23-9-14-2-1-7-22-14/h3-6,8,10,14H,1-2,7,9H2,(H,18,19)(H,20,21). The van der Waals surface area contributed by atoms with E-state index >= 15 is 0 Å². The Kier molecular flexibility index (Phi) is 5.12. The summed E-state index contributed by atoms with van der Waals surface area (Å²) in [6, 6.07) is 8.41. The van der Waals surface area contributed by atoms with Crippen molar-refractivity contribution >= 4 is 28.9 Å². The molecule has 1 unspecified atom stereocenters. The summed E-state index contributed by atoms with van der Waals surface area (Å²) in [7, 11) is 0. The highest BCUT2D eigenvalue weighted by molar-refractivity contribution is 7.12. The van der Waals surface area contributed by atoms with Crippen LogP contribution in [0.5, 0.6) is 5.75 Å². The van der Waals surface area contributed by atoms with Gasteiger partial charge in [0.15, 0.2) is 0 Å². The van der Waals surface area contributed by atoms with Crippen LogP contribution in [0.25, 0.3) is 0 Å². The summed E-state index contributed by atoms with van der Waals surface area (Å²) in [6.45, 7) is 1.32. The zero-order valence-corrected chi connectivity index (χ0v) is 13.7. The SMILES string of the molecule is O=C(Nc1ccc(OCC2CCCO2)cc1)c1csc(C(=O)O)c1. The van der Waals surface area contributed by atoms with Crippen LogP contribution in [0.15, 0.2) is 35.7 Å². The number of carboxylic acid groups (broad SMARTS) is 1. The van der Waals surface area contributed by atoms with Crippen molar-refractivity contribution < 1.29 is 24.2 Å². The van der Waals surface area contributed by atoms with Gasteiger partial charge in [0.1, 0.15) is 17.2 Å². The molecule has 2 N–H and O–H groups in total. The Morgan fingerprint density at radius 2 is 2.12 bits per heavy atom. The van der Waals surface area contributed by atoms with Gasteiger partial charge in [-0.1, -0.05) is 0 Å². The number of ether oxygens (including phenoxy) is 2. The van der Waals surface area contributed by atoms with Crippen molar-refractivity contribution in [2.45, 2.75) is 18.9 Å². The summed E-state index contributed by atoms with van der Waals surface area (Å²) in [5.74, 6) is -0.661. The second kappa shape index (κ2) is 7.46. The van der Waals surface area contributed by atoms with E-state index in [2.05, 4.69) is 5.32 Å². The van der Waals surface area contributed by atoms with E-state index in [4.69, 9.17) is 14.6 Å². The van der Waals surface area contributed by atoms with Crippen LogP contribution >= 0.6 is 11.3 Å². The van der Waals surface area contributed by atoms with Crippen LogP contribution in [0.3, 0.4) is 0 Å². The molecule has 1 aromatic heterocycles. The van der Waals surface area contributed by atoms with Crippen LogP contribution in [0.2, 0.25) is 0 Å². The number of hydrogen-bond donors (Lipinski definition) is 2. The van der Waals surface area contributed by atoms with Gasteiger partial charge in [-0.25, -0.2) is 4.79 Å². The summed E-state index contributed by atoms with van der Waals surface area (Å²) < 4.78 is 11.2. The van der Waals surface area contributed by atoms with Gasteiger partial charge < -0.3 is 19.9 Å². The van der Waals surface area contributed by atoms with Gasteiger partial charge in [0.05, 0.1) is 11.7 Å². The summed E-state index contributed by atoms with van der Waals surface area (Å²) in [5, 5.41) is 13.1. The molecule has 1 atom stereocenters. The molecule has 0 spiro atoms. The molecule has 1 fully saturated rings. The summed E-state index contributed by atoms with van der Waals surface area (Å²) >= 11 is 1.03. The molecule has 1 saturated heterocycles. The molecule has 0 radical (unpaired) electrons. The van der Waals surface area contributed by atoms with Crippen LogP contribution in [0, 0.1) is 0 Å². The minimum Gasteiger partial charge on any atom is -0.491 e. The van der Waals surface area contributed by atoms with Gasteiger partial charge in [0.2, 0.25) is 0 Å². The first kappa shape index (κ1) is 16.5. The molecule has 1 aromatic carbocycles. The molecular formula is C17H17NO5S. The van der Waals surface area contributed by atoms with E-state index in [1.807, 2.05) is 0 Å². The Balaban J connectivity index is 1.54. The fraction of sp³-hybridized carbons (Fsp3) is 0.294. The van der Waals surface area contributed by atoms with Gasteiger partial charge in [-0.2, -0.15) is 0 Å². The Morgan fingerprint density at radius 1 is 1.33 bits per heavy atom. The zero-order valence-electron chi connectivity index (χ0n) is 12.9. The third-order valence-corrected chi connectivity index (χ3v) is 4.56. The number of carbonyl (C=O) groups is 2. The first-order valence-corrected chi connectivity index (χ1v) is 8.47. The Labute approximate surface area is 143 Å². The van der Waals surface area contributed by atoms with Crippen molar-refractivity contribution in [3.05, 3.63) is 46.2 Å². The average Bonchev–Trinajstić information content (AvgIpc) is 3.26. The van der Waals surface area contributed by atoms with Crippen molar-refractivity contribution in [3.63, 3.8) is 0 Å². The summed E-state index contributed by atoms with van der Waals surface area (Å²) in [6.07, 6.45) is 2.25. The third kappa shape index (κ3) is 4.12. The lowest BCUT2D eigenvalue weighted by Gasteiger charge is -2.12. The van der Waals surface area contributed by atoms with Crippen molar-refractivity contribution in [1.82, 2.24) is 0 Å². The van der Waals surface area contributed by atoms with Crippen molar-refractivity contribution in [2.24, 2.45) is 0 Å². The van der Waals surface area contributed by atoms with E-state index in [1.165, 1.54) is 11.4 Å². The van der Waals surface area contributed by atoms with Gasteiger partial charge in [-0.15, -0.1) is 11.3 Å². The van der Waals surface area contributed by atoms with Crippen LogP contribution in [-0.4, -0.2) is 36.3 Å². The van der Waals surface area contributed by atoms with E-state index in [0.717, 1.165) is 30.8 Å². The van der Waals surface area contributed by atoms with E-state index in [9.17, 15) is 9.59 Å². The highest BCUT2D eigenvalue weighted by atomic mass is 32.1.